The Kier molecular flexibility index (Phi) is 10.1. The number of fused-ring (bicyclic) bond motifs is 2. The molecule has 0 heterocycles. The van der Waals surface area contributed by atoms with Crippen LogP contribution in [0.1, 0.15) is 20.7 Å². The number of carboxylic acids is 2. The Morgan fingerprint density at radius 1 is 0.462 bits per heavy atom. The number of rotatable bonds is 16. The van der Waals surface area contributed by atoms with Gasteiger partial charge in [0.05, 0.1) is 50.8 Å². The molecular formula is C30H30O9. The Morgan fingerprint density at radius 3 is 1.18 bits per heavy atom. The van der Waals surface area contributed by atoms with E-state index >= 15 is 0 Å². The van der Waals surface area contributed by atoms with E-state index in [1.54, 1.807) is 36.4 Å². The minimum atomic E-state index is -0.949. The second-order valence-corrected chi connectivity index (χ2v) is 8.59. The summed E-state index contributed by atoms with van der Waals surface area (Å²) >= 11 is 0. The van der Waals surface area contributed by atoms with E-state index in [9.17, 15) is 9.59 Å². The second kappa shape index (κ2) is 14.1. The fourth-order valence-corrected chi connectivity index (χ4v) is 3.87. The maximum Gasteiger partial charge on any atom is 0.335 e. The highest BCUT2D eigenvalue weighted by Crippen LogP contribution is 2.23. The lowest BCUT2D eigenvalue weighted by Gasteiger charge is -2.10. The van der Waals surface area contributed by atoms with E-state index in [0.29, 0.717) is 64.4 Å². The smallest absolute Gasteiger partial charge is 0.335 e. The van der Waals surface area contributed by atoms with Crippen molar-refractivity contribution in [3.63, 3.8) is 0 Å². The van der Waals surface area contributed by atoms with Crippen molar-refractivity contribution in [2.45, 2.75) is 0 Å². The van der Waals surface area contributed by atoms with Crippen LogP contribution in [0.15, 0.2) is 72.8 Å². The highest BCUT2D eigenvalue weighted by molar-refractivity contribution is 5.95. The van der Waals surface area contributed by atoms with Gasteiger partial charge in [-0.1, -0.05) is 24.3 Å². The van der Waals surface area contributed by atoms with Gasteiger partial charge >= 0.3 is 11.9 Å². The van der Waals surface area contributed by atoms with Gasteiger partial charge in [-0.3, -0.25) is 0 Å². The van der Waals surface area contributed by atoms with Crippen molar-refractivity contribution in [1.29, 1.82) is 0 Å². The molecule has 0 saturated heterocycles. The molecule has 0 aliphatic heterocycles. The fraction of sp³-hybridized carbons (Fsp3) is 0.267. The average Bonchev–Trinajstić information content (AvgIpc) is 2.94. The van der Waals surface area contributed by atoms with Crippen LogP contribution in [0.5, 0.6) is 11.5 Å². The second-order valence-electron chi connectivity index (χ2n) is 8.59. The van der Waals surface area contributed by atoms with Gasteiger partial charge in [-0.15, -0.1) is 0 Å². The van der Waals surface area contributed by atoms with Crippen molar-refractivity contribution >= 4 is 33.5 Å². The summed E-state index contributed by atoms with van der Waals surface area (Å²) in [6, 6.07) is 21.0. The molecule has 4 rings (SSSR count). The summed E-state index contributed by atoms with van der Waals surface area (Å²) in [6.45, 7) is 3.40. The van der Waals surface area contributed by atoms with Gasteiger partial charge in [0, 0.05) is 0 Å². The van der Waals surface area contributed by atoms with Gasteiger partial charge in [0.15, 0.2) is 0 Å². The molecule has 4 aromatic rings. The Labute approximate surface area is 225 Å². The normalized spacial score (nSPS) is 11.1. The highest BCUT2D eigenvalue weighted by atomic mass is 16.6. The van der Waals surface area contributed by atoms with Crippen LogP contribution in [-0.4, -0.2) is 75.0 Å². The summed E-state index contributed by atoms with van der Waals surface area (Å²) in [5.41, 5.74) is 0.510. The SMILES string of the molecule is O=C(O)c1ccc2cc(OCCOCCOCCOCCOc3ccc4cc(C(=O)O)ccc4c3)ccc2c1. The van der Waals surface area contributed by atoms with E-state index in [0.717, 1.165) is 21.5 Å². The molecular weight excluding hydrogens is 504 g/mol. The van der Waals surface area contributed by atoms with Gasteiger partial charge in [0.1, 0.15) is 24.7 Å². The van der Waals surface area contributed by atoms with Crippen molar-refractivity contribution in [2.24, 2.45) is 0 Å². The molecule has 0 spiro atoms. The minimum Gasteiger partial charge on any atom is -0.491 e. The third-order valence-corrected chi connectivity index (χ3v) is 5.85. The third kappa shape index (κ3) is 8.41. The van der Waals surface area contributed by atoms with Crippen LogP contribution < -0.4 is 9.47 Å². The lowest BCUT2D eigenvalue weighted by atomic mass is 10.1. The van der Waals surface area contributed by atoms with Crippen LogP contribution in [0.25, 0.3) is 21.5 Å². The van der Waals surface area contributed by atoms with Crippen LogP contribution in [0.2, 0.25) is 0 Å². The van der Waals surface area contributed by atoms with E-state index in [1.807, 2.05) is 36.4 Å². The number of hydrogen-bond donors (Lipinski definition) is 2. The first-order valence-corrected chi connectivity index (χ1v) is 12.5. The summed E-state index contributed by atoms with van der Waals surface area (Å²) in [5.74, 6) is -0.506. The lowest BCUT2D eigenvalue weighted by molar-refractivity contribution is 0.00500. The number of aromatic carboxylic acids is 2. The first kappa shape index (κ1) is 27.8. The number of hydrogen-bond acceptors (Lipinski definition) is 7. The number of carboxylic acid groups (broad SMARTS) is 2. The van der Waals surface area contributed by atoms with Crippen molar-refractivity contribution in [3.05, 3.63) is 83.9 Å². The topological polar surface area (TPSA) is 121 Å². The predicted molar refractivity (Wildman–Crippen MR) is 145 cm³/mol. The van der Waals surface area contributed by atoms with E-state index in [1.165, 1.54) is 0 Å². The van der Waals surface area contributed by atoms with Crippen LogP contribution in [0, 0.1) is 0 Å². The molecule has 0 aliphatic rings. The van der Waals surface area contributed by atoms with Crippen LogP contribution >= 0.6 is 0 Å². The quantitative estimate of drug-likeness (QED) is 0.193. The number of ether oxygens (including phenoxy) is 5. The third-order valence-electron chi connectivity index (χ3n) is 5.85. The Balaban J connectivity index is 1.00. The largest absolute Gasteiger partial charge is 0.491 e. The molecule has 0 aliphatic carbocycles. The van der Waals surface area contributed by atoms with E-state index < -0.39 is 11.9 Å². The van der Waals surface area contributed by atoms with E-state index in [4.69, 9.17) is 33.9 Å². The molecule has 0 fully saturated rings. The molecule has 0 unspecified atom stereocenters. The summed E-state index contributed by atoms with van der Waals surface area (Å²) in [5, 5.41) is 21.7. The zero-order valence-electron chi connectivity index (χ0n) is 21.3. The van der Waals surface area contributed by atoms with E-state index in [2.05, 4.69) is 0 Å². The maximum atomic E-state index is 11.1. The Morgan fingerprint density at radius 2 is 0.795 bits per heavy atom. The molecule has 9 nitrogen and oxygen atoms in total. The first-order valence-electron chi connectivity index (χ1n) is 12.5. The van der Waals surface area contributed by atoms with Gasteiger partial charge < -0.3 is 33.9 Å². The molecule has 204 valence electrons. The highest BCUT2D eigenvalue weighted by Gasteiger charge is 2.06. The molecule has 0 saturated carbocycles. The summed E-state index contributed by atoms with van der Waals surface area (Å²) in [6.07, 6.45) is 0. The minimum absolute atomic E-state index is 0.255. The van der Waals surface area contributed by atoms with Gasteiger partial charge in [-0.05, 0) is 70.1 Å². The monoisotopic (exact) mass is 534 g/mol. The van der Waals surface area contributed by atoms with Crippen molar-refractivity contribution < 1.29 is 43.5 Å². The maximum absolute atomic E-state index is 11.1. The molecule has 0 amide bonds. The van der Waals surface area contributed by atoms with Gasteiger partial charge in [0.25, 0.3) is 0 Å². The zero-order chi connectivity index (χ0) is 27.5. The number of carbonyl (C=O) groups is 2. The van der Waals surface area contributed by atoms with Gasteiger partial charge in [0.2, 0.25) is 0 Å². The molecule has 4 aromatic carbocycles. The van der Waals surface area contributed by atoms with Gasteiger partial charge in [-0.2, -0.15) is 0 Å². The first-order chi connectivity index (χ1) is 19.0. The lowest BCUT2D eigenvalue weighted by Crippen LogP contribution is -2.14. The van der Waals surface area contributed by atoms with E-state index in [-0.39, 0.29) is 11.1 Å². The van der Waals surface area contributed by atoms with Crippen molar-refractivity contribution in [3.8, 4) is 11.5 Å². The van der Waals surface area contributed by atoms with Crippen LogP contribution in [-0.2, 0) is 14.2 Å². The van der Waals surface area contributed by atoms with Crippen molar-refractivity contribution in [2.75, 3.05) is 52.9 Å². The average molecular weight is 535 g/mol. The number of benzene rings is 4. The Hall–Kier alpha value is -4.18. The summed E-state index contributed by atoms with van der Waals surface area (Å²) in [4.78, 5) is 22.2. The Bertz CT molecular complexity index is 1310. The van der Waals surface area contributed by atoms with Crippen molar-refractivity contribution in [1.82, 2.24) is 0 Å². The van der Waals surface area contributed by atoms with Gasteiger partial charge in [-0.25, -0.2) is 9.59 Å². The predicted octanol–water partition coefficient (Wildman–Crippen LogP) is 4.90. The molecule has 0 bridgehead atoms. The molecule has 0 aromatic heterocycles. The summed E-state index contributed by atoms with van der Waals surface area (Å²) < 4.78 is 28.0. The molecule has 0 atom stereocenters. The van der Waals surface area contributed by atoms with Crippen LogP contribution in [0.4, 0.5) is 0 Å². The fourth-order valence-electron chi connectivity index (χ4n) is 3.87. The summed E-state index contributed by atoms with van der Waals surface area (Å²) in [7, 11) is 0. The zero-order valence-corrected chi connectivity index (χ0v) is 21.3. The molecule has 9 heteroatoms. The van der Waals surface area contributed by atoms with Crippen LogP contribution in [0.3, 0.4) is 0 Å². The molecule has 0 radical (unpaired) electrons. The molecule has 39 heavy (non-hydrogen) atoms. The standard InChI is InChI=1S/C30H30O9/c31-29(32)25-3-1-23-19-27(7-5-21(23)17-25)38-15-13-36-11-9-35-10-12-37-14-16-39-28-8-6-22-18-26(30(33)34)4-2-24(22)20-28/h1-8,17-20H,9-16H2,(H,31,32)(H,33,34). The molecule has 2 N–H and O–H groups in total.